The minimum atomic E-state index is -0.780. The van der Waals surface area contributed by atoms with Gasteiger partial charge in [0.2, 0.25) is 0 Å². The number of methoxy groups -OCH3 is 1. The molecule has 1 spiro atoms. The van der Waals surface area contributed by atoms with Gasteiger partial charge < -0.3 is 53.5 Å². The fraction of sp³-hybridized carbons (Fsp3) is 0.875. The van der Waals surface area contributed by atoms with Crippen LogP contribution in [0, 0.1) is 11.8 Å². The van der Waals surface area contributed by atoms with Gasteiger partial charge in [-0.2, -0.15) is 0 Å². The summed E-state index contributed by atoms with van der Waals surface area (Å²) < 4.78 is 60.0. The largest absolute Gasteiger partial charge is 0.392 e. The predicted octanol–water partition coefficient (Wildman–Crippen LogP) is 3.44. The Hall–Kier alpha value is -1.29. The number of carbonyl (C=O) groups excluding carboxylic acids is 1. The van der Waals surface area contributed by atoms with Crippen molar-refractivity contribution in [2.24, 2.45) is 17.6 Å². The van der Waals surface area contributed by atoms with Gasteiger partial charge in [-0.05, 0) is 62.0 Å². The maximum atomic E-state index is 14.1. The third-order valence-electron chi connectivity index (χ3n) is 14.0. The molecule has 10 rings (SSSR count). The summed E-state index contributed by atoms with van der Waals surface area (Å²) in [6, 6.07) is 0. The van der Waals surface area contributed by atoms with E-state index < -0.39 is 18.0 Å². The molecule has 0 aromatic rings. The van der Waals surface area contributed by atoms with Crippen LogP contribution in [-0.2, 0) is 47.4 Å². The molecular weight excluding hydrogens is 670 g/mol. The van der Waals surface area contributed by atoms with Crippen molar-refractivity contribution in [3.63, 3.8) is 0 Å². The van der Waals surface area contributed by atoms with Gasteiger partial charge in [0, 0.05) is 58.1 Å². The van der Waals surface area contributed by atoms with Crippen LogP contribution in [0.5, 0.6) is 0 Å². The highest BCUT2D eigenvalue weighted by Crippen LogP contribution is 2.54. The summed E-state index contributed by atoms with van der Waals surface area (Å²) >= 11 is 0. The van der Waals surface area contributed by atoms with Crippen molar-refractivity contribution in [1.82, 2.24) is 0 Å². The van der Waals surface area contributed by atoms with Crippen LogP contribution in [0.1, 0.15) is 90.4 Å². The molecule has 10 aliphatic rings. The lowest BCUT2D eigenvalue weighted by molar-refractivity contribution is -0.292. The van der Waals surface area contributed by atoms with Crippen molar-refractivity contribution >= 4 is 5.78 Å². The van der Waals surface area contributed by atoms with Gasteiger partial charge in [0.1, 0.15) is 36.3 Å². The molecule has 0 radical (unpaired) electrons. The average Bonchev–Trinajstić information content (AvgIpc) is 3.79. The van der Waals surface area contributed by atoms with Crippen molar-refractivity contribution in [1.29, 1.82) is 0 Å². The summed E-state index contributed by atoms with van der Waals surface area (Å²) in [5.41, 5.74) is 8.01. The molecule has 10 heterocycles. The number of ether oxygens (including phenoxy) is 9. The van der Waals surface area contributed by atoms with E-state index in [0.717, 1.165) is 56.1 Å². The number of Topliss-reactive ketones (excluding diaryl/α,β-unsaturated/α-hetero) is 1. The van der Waals surface area contributed by atoms with Gasteiger partial charge in [-0.25, -0.2) is 0 Å². The second kappa shape index (κ2) is 14.3. The number of aliphatic hydroxyl groups excluding tert-OH is 1. The zero-order chi connectivity index (χ0) is 35.9. The van der Waals surface area contributed by atoms with Crippen LogP contribution in [0.25, 0.3) is 0 Å². The summed E-state index contributed by atoms with van der Waals surface area (Å²) in [6.45, 7) is 11.3. The molecule has 10 saturated heterocycles. The molecule has 290 valence electrons. The van der Waals surface area contributed by atoms with Gasteiger partial charge in [0.15, 0.2) is 5.79 Å². The first-order chi connectivity index (χ1) is 25.1. The molecule has 10 aliphatic heterocycles. The second-order valence-corrected chi connectivity index (χ2v) is 17.4. The highest BCUT2D eigenvalue weighted by molar-refractivity contribution is 5.79. The predicted molar refractivity (Wildman–Crippen MR) is 186 cm³/mol. The topological polar surface area (TPSA) is 146 Å². The lowest BCUT2D eigenvalue weighted by atomic mass is 9.81. The Balaban J connectivity index is 0.994. The summed E-state index contributed by atoms with van der Waals surface area (Å²) in [4.78, 5) is 14.1. The van der Waals surface area contributed by atoms with Crippen LogP contribution < -0.4 is 5.73 Å². The molecule has 0 aromatic carbocycles. The maximum Gasteiger partial charge on any atom is 0.172 e. The van der Waals surface area contributed by atoms with E-state index in [1.165, 1.54) is 0 Å². The van der Waals surface area contributed by atoms with Crippen LogP contribution in [-0.4, -0.2) is 128 Å². The van der Waals surface area contributed by atoms with Gasteiger partial charge in [-0.15, -0.1) is 0 Å². The Bertz CT molecular complexity index is 1380. The summed E-state index contributed by atoms with van der Waals surface area (Å²) in [5.74, 6) is -0.619. The van der Waals surface area contributed by atoms with Gasteiger partial charge in [0.25, 0.3) is 0 Å². The monoisotopic (exact) mass is 729 g/mol. The zero-order valence-electron chi connectivity index (χ0n) is 30.8. The first kappa shape index (κ1) is 36.4. The Kier molecular flexibility index (Phi) is 10.0. The van der Waals surface area contributed by atoms with Crippen molar-refractivity contribution in [3.05, 3.63) is 24.3 Å². The number of aliphatic hydroxyl groups is 1. The molecule has 19 atom stereocenters. The number of rotatable bonds is 4. The van der Waals surface area contributed by atoms with Crippen LogP contribution >= 0.6 is 0 Å². The molecule has 0 aliphatic carbocycles. The van der Waals surface area contributed by atoms with Crippen molar-refractivity contribution < 1.29 is 52.5 Å². The first-order valence-corrected chi connectivity index (χ1v) is 20.2. The lowest BCUT2D eigenvalue weighted by Crippen LogP contribution is -2.61. The van der Waals surface area contributed by atoms with E-state index in [0.29, 0.717) is 25.7 Å². The highest BCUT2D eigenvalue weighted by Gasteiger charge is 2.68. The normalized spacial score (nSPS) is 52.4. The Morgan fingerprint density at radius 3 is 2.38 bits per heavy atom. The Morgan fingerprint density at radius 1 is 0.808 bits per heavy atom. The number of ketones is 1. The van der Waals surface area contributed by atoms with Crippen molar-refractivity contribution in [2.75, 3.05) is 13.7 Å². The molecule has 0 saturated carbocycles. The molecule has 12 heteroatoms. The molecule has 3 N–H and O–H groups in total. The molecule has 0 aromatic heterocycles. The van der Waals surface area contributed by atoms with Gasteiger partial charge in [0.05, 0.1) is 67.1 Å². The van der Waals surface area contributed by atoms with Crippen LogP contribution in [0.3, 0.4) is 0 Å². The summed E-state index contributed by atoms with van der Waals surface area (Å²) in [5, 5.41) is 10.5. The first-order valence-electron chi connectivity index (χ1n) is 20.2. The second-order valence-electron chi connectivity index (χ2n) is 17.4. The van der Waals surface area contributed by atoms with E-state index in [-0.39, 0.29) is 122 Å². The van der Waals surface area contributed by atoms with Gasteiger partial charge in [-0.1, -0.05) is 20.1 Å². The van der Waals surface area contributed by atoms with E-state index in [1.54, 1.807) is 7.11 Å². The molecular formula is C40H59NO11. The molecule has 11 unspecified atom stereocenters. The minimum Gasteiger partial charge on any atom is -0.392 e. The van der Waals surface area contributed by atoms with E-state index in [4.69, 9.17) is 48.4 Å². The Labute approximate surface area is 307 Å². The van der Waals surface area contributed by atoms with Crippen LogP contribution in [0.2, 0.25) is 0 Å². The number of hydrogen-bond acceptors (Lipinski definition) is 12. The number of fused-ring (bicyclic) bond motifs is 6. The third-order valence-corrected chi connectivity index (χ3v) is 14.0. The number of hydrogen-bond donors (Lipinski definition) is 2. The van der Waals surface area contributed by atoms with Crippen LogP contribution in [0.15, 0.2) is 24.3 Å². The minimum absolute atomic E-state index is 0.0158. The smallest absolute Gasteiger partial charge is 0.172 e. The standard InChI is InChI=1S/C40H59NO11/c1-19-11-24-5-7-28-20(2)12-26(45-28)9-10-40-17-33-36(51-40)37-38(50-33)39(52-40)35-29(49-37)8-6-25(47-35)13-22(42)14-27-31(16-30(46-24)21(19)3)48-32(34(27)44-4)15-23(43)18-41/h19,23-39,43H,2-3,5-18,41H2,1,4H3/t19-,23?,24+,25?,26?,27?,28?,29?,30?,31+,32?,33-,34-,35+,36?,37+,38?,39?,40+/m1/s1. The molecule has 52 heavy (non-hydrogen) atoms. The average molecular weight is 730 g/mol. The molecule has 0 amide bonds. The van der Waals surface area contributed by atoms with E-state index in [1.807, 2.05) is 0 Å². The van der Waals surface area contributed by atoms with Crippen molar-refractivity contribution in [2.45, 2.75) is 194 Å². The fourth-order valence-electron chi connectivity index (χ4n) is 11.3. The SMILES string of the molecule is C=C1CC2CC[C@@]34C[C@H]5OC6C(O3)[C@H]3OC(CCC3O[C@H]6C5O4)CC(=O)CC3[C@@H](OC)C(CC(O)CN)O[C@H]3CC3O[C@@H](CCC1O2)C[C@@H](C)C3=C. The molecule has 12 bridgehead atoms. The number of nitrogens with two attached hydrogens (primary N) is 1. The molecule has 10 fully saturated rings. The lowest BCUT2D eigenvalue weighted by Gasteiger charge is -2.47. The summed E-state index contributed by atoms with van der Waals surface area (Å²) in [6.07, 6.45) is 4.85. The molecule has 12 nitrogen and oxygen atoms in total. The van der Waals surface area contributed by atoms with Crippen LogP contribution in [0.4, 0.5) is 0 Å². The Morgan fingerprint density at radius 2 is 1.56 bits per heavy atom. The van der Waals surface area contributed by atoms with Gasteiger partial charge in [-0.3, -0.25) is 4.79 Å². The fourth-order valence-corrected chi connectivity index (χ4v) is 11.3. The quantitative estimate of drug-likeness (QED) is 0.409. The van der Waals surface area contributed by atoms with Crippen molar-refractivity contribution in [3.8, 4) is 0 Å². The highest BCUT2D eigenvalue weighted by atomic mass is 16.8. The van der Waals surface area contributed by atoms with E-state index in [9.17, 15) is 9.90 Å². The number of carbonyl (C=O) groups is 1. The third kappa shape index (κ3) is 6.59. The maximum absolute atomic E-state index is 14.1. The zero-order valence-corrected chi connectivity index (χ0v) is 30.8. The van der Waals surface area contributed by atoms with E-state index in [2.05, 4.69) is 20.1 Å². The summed E-state index contributed by atoms with van der Waals surface area (Å²) in [7, 11) is 1.66. The van der Waals surface area contributed by atoms with Gasteiger partial charge >= 0.3 is 0 Å². The van der Waals surface area contributed by atoms with E-state index >= 15 is 0 Å².